The van der Waals surface area contributed by atoms with Gasteiger partial charge in [-0.3, -0.25) is 24.1 Å². The van der Waals surface area contributed by atoms with Crippen LogP contribution in [0, 0.1) is 5.92 Å². The van der Waals surface area contributed by atoms with Crippen molar-refractivity contribution in [2.24, 2.45) is 5.92 Å². The second-order valence-electron chi connectivity index (χ2n) is 7.25. The van der Waals surface area contributed by atoms with Crippen LogP contribution in [-0.4, -0.2) is 47.0 Å². The van der Waals surface area contributed by atoms with Crippen LogP contribution in [0.2, 0.25) is 0 Å². The molecule has 1 atom stereocenters. The number of rotatable bonds is 7. The van der Waals surface area contributed by atoms with Crippen molar-refractivity contribution in [3.8, 4) is 0 Å². The summed E-state index contributed by atoms with van der Waals surface area (Å²) in [5.41, 5.74) is 0.845. The molecule has 0 spiro atoms. The van der Waals surface area contributed by atoms with E-state index in [2.05, 4.69) is 10.6 Å². The molecule has 154 valence electrons. The highest BCUT2D eigenvalue weighted by Gasteiger charge is 2.34. The highest BCUT2D eigenvalue weighted by Crippen LogP contribution is 2.31. The van der Waals surface area contributed by atoms with Crippen LogP contribution >= 0.6 is 11.8 Å². The molecule has 7 nitrogen and oxygen atoms in total. The Morgan fingerprint density at radius 1 is 1.21 bits per heavy atom. The van der Waals surface area contributed by atoms with Crippen LogP contribution in [0.15, 0.2) is 35.2 Å². The van der Waals surface area contributed by atoms with Crippen LogP contribution < -0.4 is 10.6 Å². The largest absolute Gasteiger partial charge is 0.353 e. The lowest BCUT2D eigenvalue weighted by atomic mass is 10.1. The lowest BCUT2D eigenvalue weighted by Crippen LogP contribution is -2.48. The molecule has 0 bridgehead atoms. The number of carbonyl (C=O) groups excluding carboxylic acids is 4. The van der Waals surface area contributed by atoms with E-state index in [-0.39, 0.29) is 42.0 Å². The van der Waals surface area contributed by atoms with E-state index in [9.17, 15) is 19.2 Å². The first-order chi connectivity index (χ1) is 14.0. The van der Waals surface area contributed by atoms with E-state index in [0.717, 1.165) is 47.9 Å². The fourth-order valence-electron chi connectivity index (χ4n) is 3.42. The average molecular weight is 416 g/mol. The summed E-state index contributed by atoms with van der Waals surface area (Å²) in [6.45, 7) is 1.86. The fourth-order valence-corrected chi connectivity index (χ4v) is 4.29. The fraction of sp³-hybridized carbons (Fsp3) is 0.429. The number of nitrogens with zero attached hydrogens (tertiary/aromatic N) is 1. The Bertz CT molecular complexity index is 818. The topological polar surface area (TPSA) is 95.6 Å². The van der Waals surface area contributed by atoms with Crippen molar-refractivity contribution in [2.45, 2.75) is 38.6 Å². The van der Waals surface area contributed by atoms with E-state index in [1.54, 1.807) is 13.0 Å². The van der Waals surface area contributed by atoms with Gasteiger partial charge in [0.1, 0.15) is 6.04 Å². The molecule has 2 aliphatic rings. The number of nitrogens with one attached hydrogen (secondary N) is 2. The number of hydrogen-bond acceptors (Lipinski definition) is 5. The van der Waals surface area contributed by atoms with Gasteiger partial charge in [-0.05, 0) is 43.2 Å². The molecule has 2 fully saturated rings. The van der Waals surface area contributed by atoms with Crippen molar-refractivity contribution in [1.29, 1.82) is 0 Å². The maximum absolute atomic E-state index is 12.5. The molecule has 1 unspecified atom stereocenters. The Kier molecular flexibility index (Phi) is 7.09. The van der Waals surface area contributed by atoms with Gasteiger partial charge in [0.25, 0.3) is 11.1 Å². The standard InChI is InChI=1S/C21H25N3O4S/c1-14(23-19(26)16-9-5-6-10-16)18(25)22-11-12-24-20(27)17(29-21(24)28)13-15-7-3-2-4-8-15/h2-4,7-8,13-14,16H,5-6,9-12H2,1H3,(H,22,25)(H,23,26)/b17-13+. The first kappa shape index (κ1) is 21.1. The van der Waals surface area contributed by atoms with Gasteiger partial charge in [0.2, 0.25) is 11.8 Å². The number of benzene rings is 1. The SMILES string of the molecule is CC(NC(=O)C1CCCC1)C(=O)NCCN1C(=O)S/C(=C/c2ccccc2)C1=O. The summed E-state index contributed by atoms with van der Waals surface area (Å²) < 4.78 is 0. The molecule has 1 saturated carbocycles. The van der Waals surface area contributed by atoms with Crippen LogP contribution in [0.3, 0.4) is 0 Å². The molecule has 0 radical (unpaired) electrons. The zero-order valence-corrected chi connectivity index (χ0v) is 17.2. The Morgan fingerprint density at radius 2 is 1.90 bits per heavy atom. The van der Waals surface area contributed by atoms with E-state index in [1.165, 1.54) is 0 Å². The third-order valence-corrected chi connectivity index (χ3v) is 5.99. The monoisotopic (exact) mass is 415 g/mol. The predicted molar refractivity (Wildman–Crippen MR) is 112 cm³/mol. The van der Waals surface area contributed by atoms with Crippen LogP contribution in [0.25, 0.3) is 6.08 Å². The molecule has 4 amide bonds. The molecule has 1 saturated heterocycles. The van der Waals surface area contributed by atoms with Crippen molar-refractivity contribution < 1.29 is 19.2 Å². The molecule has 1 aliphatic heterocycles. The summed E-state index contributed by atoms with van der Waals surface area (Å²) in [5.74, 6) is -0.775. The third kappa shape index (κ3) is 5.47. The number of thioether (sulfide) groups is 1. The summed E-state index contributed by atoms with van der Waals surface area (Å²) in [7, 11) is 0. The normalized spacial score (nSPS) is 19.6. The molecule has 2 N–H and O–H groups in total. The van der Waals surface area contributed by atoms with Gasteiger partial charge in [-0.15, -0.1) is 0 Å². The summed E-state index contributed by atoms with van der Waals surface area (Å²) >= 11 is 0.893. The first-order valence-electron chi connectivity index (χ1n) is 9.84. The van der Waals surface area contributed by atoms with Crippen molar-refractivity contribution >= 4 is 40.8 Å². The van der Waals surface area contributed by atoms with Gasteiger partial charge < -0.3 is 10.6 Å². The van der Waals surface area contributed by atoms with Crippen molar-refractivity contribution in [3.05, 3.63) is 40.8 Å². The molecule has 3 rings (SSSR count). The minimum atomic E-state index is -0.656. The summed E-state index contributed by atoms with van der Waals surface area (Å²) in [6.07, 6.45) is 5.53. The quantitative estimate of drug-likeness (QED) is 0.667. The molecule has 29 heavy (non-hydrogen) atoms. The van der Waals surface area contributed by atoms with Crippen LogP contribution in [-0.2, 0) is 14.4 Å². The summed E-state index contributed by atoms with van der Waals surface area (Å²) in [5, 5.41) is 5.07. The predicted octanol–water partition coefficient (Wildman–Crippen LogP) is 2.53. The first-order valence-corrected chi connectivity index (χ1v) is 10.7. The molecule has 0 aromatic heterocycles. The maximum Gasteiger partial charge on any atom is 0.293 e. The highest BCUT2D eigenvalue weighted by atomic mass is 32.2. The summed E-state index contributed by atoms with van der Waals surface area (Å²) in [4.78, 5) is 50.4. The number of amides is 4. The van der Waals surface area contributed by atoms with Gasteiger partial charge in [0.15, 0.2) is 0 Å². The number of hydrogen-bond donors (Lipinski definition) is 2. The third-order valence-electron chi connectivity index (χ3n) is 5.08. The molecule has 1 aromatic rings. The Balaban J connectivity index is 1.46. The Labute approximate surface area is 174 Å². The smallest absolute Gasteiger partial charge is 0.293 e. The van der Waals surface area contributed by atoms with Crippen molar-refractivity contribution in [2.75, 3.05) is 13.1 Å². The average Bonchev–Trinajstić information content (AvgIpc) is 3.33. The Hall–Kier alpha value is -2.61. The van der Waals surface area contributed by atoms with E-state index >= 15 is 0 Å². The van der Waals surface area contributed by atoms with Crippen LogP contribution in [0.1, 0.15) is 38.2 Å². The van der Waals surface area contributed by atoms with Gasteiger partial charge >= 0.3 is 0 Å². The molecule has 1 heterocycles. The number of imide groups is 1. The summed E-state index contributed by atoms with van der Waals surface area (Å²) in [6, 6.07) is 8.65. The van der Waals surface area contributed by atoms with E-state index in [0.29, 0.717) is 4.91 Å². The zero-order valence-electron chi connectivity index (χ0n) is 16.3. The molecule has 1 aromatic carbocycles. The van der Waals surface area contributed by atoms with Crippen molar-refractivity contribution in [1.82, 2.24) is 15.5 Å². The number of carbonyl (C=O) groups is 4. The van der Waals surface area contributed by atoms with Crippen LogP contribution in [0.5, 0.6) is 0 Å². The lowest BCUT2D eigenvalue weighted by Gasteiger charge is -2.18. The molecule has 1 aliphatic carbocycles. The maximum atomic E-state index is 12.5. The molecular weight excluding hydrogens is 390 g/mol. The van der Waals surface area contributed by atoms with Gasteiger partial charge in [0.05, 0.1) is 4.91 Å². The molecule has 8 heteroatoms. The second-order valence-corrected chi connectivity index (χ2v) is 8.24. The highest BCUT2D eigenvalue weighted by molar-refractivity contribution is 8.18. The lowest BCUT2D eigenvalue weighted by molar-refractivity contribution is -0.130. The van der Waals surface area contributed by atoms with Gasteiger partial charge in [-0.25, -0.2) is 0 Å². The van der Waals surface area contributed by atoms with E-state index in [4.69, 9.17) is 0 Å². The minimum absolute atomic E-state index is 0.00283. The minimum Gasteiger partial charge on any atom is -0.353 e. The van der Waals surface area contributed by atoms with Gasteiger partial charge in [-0.2, -0.15) is 0 Å². The molecular formula is C21H25N3O4S. The second kappa shape index (κ2) is 9.73. The van der Waals surface area contributed by atoms with Gasteiger partial charge in [-0.1, -0.05) is 43.2 Å². The van der Waals surface area contributed by atoms with Crippen LogP contribution in [0.4, 0.5) is 4.79 Å². The Morgan fingerprint density at radius 3 is 2.59 bits per heavy atom. The van der Waals surface area contributed by atoms with Gasteiger partial charge in [0, 0.05) is 19.0 Å². The van der Waals surface area contributed by atoms with E-state index < -0.39 is 6.04 Å². The van der Waals surface area contributed by atoms with Crippen molar-refractivity contribution in [3.63, 3.8) is 0 Å². The van der Waals surface area contributed by atoms with E-state index in [1.807, 2.05) is 30.3 Å². The zero-order chi connectivity index (χ0) is 20.8.